The van der Waals surface area contributed by atoms with E-state index in [1.165, 1.54) is 0 Å². The normalized spacial score (nSPS) is 13.0. The molecule has 140 valence electrons. The van der Waals surface area contributed by atoms with Crippen LogP contribution in [0.5, 0.6) is 11.5 Å². The second-order valence-electron chi connectivity index (χ2n) is 6.70. The molecule has 0 saturated heterocycles. The Hall–Kier alpha value is -2.49. The van der Waals surface area contributed by atoms with Crippen LogP contribution >= 0.6 is 0 Å². The molecule has 0 radical (unpaired) electrons. The molecule has 4 nitrogen and oxygen atoms in total. The molecule has 0 aliphatic rings. The van der Waals surface area contributed by atoms with Gasteiger partial charge in [0.05, 0.1) is 12.6 Å². The van der Waals surface area contributed by atoms with Gasteiger partial charge in [-0.2, -0.15) is 0 Å². The number of ether oxygens (including phenoxy) is 2. The molecule has 26 heavy (non-hydrogen) atoms. The number of rotatable bonds is 7. The van der Waals surface area contributed by atoms with Crippen LogP contribution in [0.4, 0.5) is 0 Å². The van der Waals surface area contributed by atoms with Crippen molar-refractivity contribution in [2.24, 2.45) is 0 Å². The largest absolute Gasteiger partial charge is 0.494 e. The van der Waals surface area contributed by atoms with E-state index in [4.69, 9.17) is 9.47 Å². The summed E-state index contributed by atoms with van der Waals surface area (Å²) in [7, 11) is 0. The fourth-order valence-electron chi connectivity index (χ4n) is 2.80. The molecular weight excluding hydrogens is 326 g/mol. The van der Waals surface area contributed by atoms with Gasteiger partial charge in [-0.3, -0.25) is 4.79 Å². The Morgan fingerprint density at radius 1 is 1.08 bits per heavy atom. The maximum absolute atomic E-state index is 12.5. The second-order valence-corrected chi connectivity index (χ2v) is 6.70. The lowest BCUT2D eigenvalue weighted by molar-refractivity contribution is -0.127. The van der Waals surface area contributed by atoms with Crippen molar-refractivity contribution < 1.29 is 14.3 Å². The topological polar surface area (TPSA) is 47.6 Å². The molecule has 1 amide bonds. The second kappa shape index (κ2) is 8.75. The zero-order valence-electron chi connectivity index (χ0n) is 16.6. The third kappa shape index (κ3) is 5.01. The molecule has 0 spiro atoms. The van der Waals surface area contributed by atoms with Crippen LogP contribution in [0.15, 0.2) is 36.4 Å². The van der Waals surface area contributed by atoms with Crippen LogP contribution in [-0.2, 0) is 4.79 Å². The highest BCUT2D eigenvalue weighted by Gasteiger charge is 2.19. The van der Waals surface area contributed by atoms with Crippen molar-refractivity contribution in [1.82, 2.24) is 5.32 Å². The van der Waals surface area contributed by atoms with Crippen molar-refractivity contribution in [3.05, 3.63) is 58.7 Å². The Morgan fingerprint density at radius 2 is 1.73 bits per heavy atom. The van der Waals surface area contributed by atoms with Crippen molar-refractivity contribution in [3.8, 4) is 11.5 Å². The third-order valence-corrected chi connectivity index (χ3v) is 4.49. The number of carbonyl (C=O) groups is 1. The van der Waals surface area contributed by atoms with E-state index in [9.17, 15) is 4.79 Å². The van der Waals surface area contributed by atoms with Gasteiger partial charge in [-0.15, -0.1) is 0 Å². The first kappa shape index (κ1) is 19.8. The van der Waals surface area contributed by atoms with Crippen molar-refractivity contribution in [2.45, 2.75) is 53.7 Å². The van der Waals surface area contributed by atoms with Gasteiger partial charge in [-0.05, 0) is 82.0 Å². The first-order valence-electron chi connectivity index (χ1n) is 9.09. The number of benzene rings is 2. The average molecular weight is 355 g/mol. The highest BCUT2D eigenvalue weighted by molar-refractivity contribution is 5.81. The van der Waals surface area contributed by atoms with Crippen LogP contribution in [0.2, 0.25) is 0 Å². The summed E-state index contributed by atoms with van der Waals surface area (Å²) in [5, 5.41) is 3.01. The zero-order valence-corrected chi connectivity index (χ0v) is 16.6. The molecule has 0 heterocycles. The molecule has 2 rings (SSSR count). The number of hydrogen-bond donors (Lipinski definition) is 1. The maximum atomic E-state index is 12.5. The smallest absolute Gasteiger partial charge is 0.261 e. The van der Waals surface area contributed by atoms with Gasteiger partial charge in [-0.25, -0.2) is 0 Å². The Labute approximate surface area is 156 Å². The van der Waals surface area contributed by atoms with E-state index in [1.807, 2.05) is 65.0 Å². The fraction of sp³-hybridized carbons (Fsp3) is 0.409. The van der Waals surface area contributed by atoms with Gasteiger partial charge in [0, 0.05) is 0 Å². The first-order chi connectivity index (χ1) is 12.3. The number of hydrogen-bond acceptors (Lipinski definition) is 3. The molecule has 4 heteroatoms. The fourth-order valence-corrected chi connectivity index (χ4v) is 2.80. The molecule has 0 bridgehead atoms. The Balaban J connectivity index is 2.00. The standard InChI is InChI=1S/C22H29NO3/c1-7-25-20-10-8-19(9-11-20)17(5)23-22(24)18(6)26-21-13-14(2)12-15(3)16(21)4/h8-13,17-18H,7H2,1-6H3,(H,23,24)/t17-,18-/m1/s1. The van der Waals surface area contributed by atoms with Crippen molar-refractivity contribution in [3.63, 3.8) is 0 Å². The van der Waals surface area contributed by atoms with Gasteiger partial charge in [0.2, 0.25) is 0 Å². The van der Waals surface area contributed by atoms with Crippen LogP contribution in [0.3, 0.4) is 0 Å². The molecular formula is C22H29NO3. The molecule has 0 fully saturated rings. The van der Waals surface area contributed by atoms with E-state index in [0.717, 1.165) is 33.8 Å². The molecule has 0 aromatic heterocycles. The number of nitrogens with one attached hydrogen (secondary N) is 1. The van der Waals surface area contributed by atoms with Crippen molar-refractivity contribution in [2.75, 3.05) is 6.61 Å². The Morgan fingerprint density at radius 3 is 2.35 bits per heavy atom. The SMILES string of the molecule is CCOc1ccc([C@@H](C)NC(=O)[C@@H](C)Oc2cc(C)cc(C)c2C)cc1. The van der Waals surface area contributed by atoms with Crippen molar-refractivity contribution in [1.29, 1.82) is 0 Å². The van der Waals surface area contributed by atoms with E-state index < -0.39 is 6.10 Å². The minimum absolute atomic E-state index is 0.107. The predicted octanol–water partition coefficient (Wildman–Crippen LogP) is 4.66. The lowest BCUT2D eigenvalue weighted by atomic mass is 10.1. The molecule has 0 aliphatic heterocycles. The summed E-state index contributed by atoms with van der Waals surface area (Å²) < 4.78 is 11.4. The van der Waals surface area contributed by atoms with Crippen LogP contribution in [0, 0.1) is 20.8 Å². The molecule has 2 aromatic carbocycles. The molecule has 0 aliphatic carbocycles. The van der Waals surface area contributed by atoms with Crippen LogP contribution in [0.25, 0.3) is 0 Å². The summed E-state index contributed by atoms with van der Waals surface area (Å²) in [4.78, 5) is 12.5. The summed E-state index contributed by atoms with van der Waals surface area (Å²) >= 11 is 0. The van der Waals surface area contributed by atoms with Gasteiger partial charge in [0.15, 0.2) is 6.10 Å². The quantitative estimate of drug-likeness (QED) is 0.786. The summed E-state index contributed by atoms with van der Waals surface area (Å²) in [5.41, 5.74) is 4.38. The monoisotopic (exact) mass is 355 g/mol. The number of carbonyl (C=O) groups excluding carboxylic acids is 1. The van der Waals surface area contributed by atoms with Gasteiger partial charge in [0.25, 0.3) is 5.91 Å². The average Bonchev–Trinajstić information content (AvgIpc) is 2.60. The van der Waals surface area contributed by atoms with E-state index in [-0.39, 0.29) is 11.9 Å². The highest BCUT2D eigenvalue weighted by atomic mass is 16.5. The number of aryl methyl sites for hydroxylation is 2. The molecule has 0 unspecified atom stereocenters. The molecule has 2 atom stereocenters. The predicted molar refractivity (Wildman–Crippen MR) is 105 cm³/mol. The summed E-state index contributed by atoms with van der Waals surface area (Å²) in [5.74, 6) is 1.46. The highest BCUT2D eigenvalue weighted by Crippen LogP contribution is 2.24. The van der Waals surface area contributed by atoms with Gasteiger partial charge >= 0.3 is 0 Å². The van der Waals surface area contributed by atoms with Crippen LogP contribution in [0.1, 0.15) is 49.1 Å². The third-order valence-electron chi connectivity index (χ3n) is 4.49. The van der Waals surface area contributed by atoms with Crippen LogP contribution in [-0.4, -0.2) is 18.6 Å². The first-order valence-corrected chi connectivity index (χ1v) is 9.09. The van der Waals surface area contributed by atoms with Crippen molar-refractivity contribution >= 4 is 5.91 Å². The van der Waals surface area contributed by atoms with Gasteiger partial charge < -0.3 is 14.8 Å². The van der Waals surface area contributed by atoms with E-state index >= 15 is 0 Å². The lowest BCUT2D eigenvalue weighted by Gasteiger charge is -2.21. The maximum Gasteiger partial charge on any atom is 0.261 e. The van der Waals surface area contributed by atoms with E-state index in [2.05, 4.69) is 11.4 Å². The van der Waals surface area contributed by atoms with Crippen LogP contribution < -0.4 is 14.8 Å². The number of amides is 1. The van der Waals surface area contributed by atoms with Gasteiger partial charge in [-0.1, -0.05) is 18.2 Å². The van der Waals surface area contributed by atoms with E-state index in [1.54, 1.807) is 6.92 Å². The Kier molecular flexibility index (Phi) is 6.67. The summed E-state index contributed by atoms with van der Waals surface area (Å²) in [6, 6.07) is 11.7. The molecule has 1 N–H and O–H groups in total. The van der Waals surface area contributed by atoms with E-state index in [0.29, 0.717) is 6.61 Å². The summed E-state index contributed by atoms with van der Waals surface area (Å²) in [6.45, 7) is 12.4. The Bertz CT molecular complexity index is 753. The molecule has 2 aromatic rings. The lowest BCUT2D eigenvalue weighted by Crippen LogP contribution is -2.37. The minimum atomic E-state index is -0.569. The molecule has 0 saturated carbocycles. The minimum Gasteiger partial charge on any atom is -0.494 e. The van der Waals surface area contributed by atoms with Gasteiger partial charge in [0.1, 0.15) is 11.5 Å². The zero-order chi connectivity index (χ0) is 19.3. The summed E-state index contributed by atoms with van der Waals surface area (Å²) in [6.07, 6.45) is -0.569.